The Balaban J connectivity index is 1.97. The molecule has 2 aromatic rings. The van der Waals surface area contributed by atoms with Crippen molar-refractivity contribution in [2.24, 2.45) is 0 Å². The zero-order valence-electron chi connectivity index (χ0n) is 10.1. The molecular weight excluding hydrogens is 222 g/mol. The van der Waals surface area contributed by atoms with Gasteiger partial charge in [0.25, 0.3) is 0 Å². The number of benzene rings is 2. The maximum absolute atomic E-state index is 12.5. The van der Waals surface area contributed by atoms with Crippen LogP contribution in [-0.2, 0) is 6.42 Å². The van der Waals surface area contributed by atoms with E-state index >= 15 is 0 Å². The summed E-state index contributed by atoms with van der Waals surface area (Å²) in [6.45, 7) is 0. The van der Waals surface area contributed by atoms with Gasteiger partial charge in [-0.15, -0.1) is 0 Å². The first-order valence-corrected chi connectivity index (χ1v) is 6.23. The number of Topliss-reactive ketones (excluding diaryl/α,β-unsaturated/α-hetero) is 1. The molecular formula is C16H15NO. The van der Waals surface area contributed by atoms with Gasteiger partial charge in [0.1, 0.15) is 0 Å². The standard InChI is InChI=1S/C16H15NO/c17-13-8-5-12(6-9-13)15-10-7-11-3-1-2-4-14(11)16(15)18/h1-6,8-9,15H,7,10,17H2. The van der Waals surface area contributed by atoms with Crippen LogP contribution in [0.4, 0.5) is 5.69 Å². The van der Waals surface area contributed by atoms with Crippen LogP contribution in [0.1, 0.15) is 33.8 Å². The molecule has 0 saturated heterocycles. The number of aryl methyl sites for hydroxylation is 1. The van der Waals surface area contributed by atoms with Crippen LogP contribution in [0.2, 0.25) is 0 Å². The van der Waals surface area contributed by atoms with Gasteiger partial charge in [0.15, 0.2) is 5.78 Å². The molecule has 0 aliphatic heterocycles. The van der Waals surface area contributed by atoms with Crippen molar-refractivity contribution in [1.82, 2.24) is 0 Å². The Kier molecular flexibility index (Phi) is 2.63. The lowest BCUT2D eigenvalue weighted by Gasteiger charge is -2.23. The first-order valence-electron chi connectivity index (χ1n) is 6.23. The molecule has 2 heteroatoms. The minimum absolute atomic E-state index is 0.0134. The Morgan fingerprint density at radius 2 is 1.72 bits per heavy atom. The first kappa shape index (κ1) is 11.0. The summed E-state index contributed by atoms with van der Waals surface area (Å²) in [7, 11) is 0. The zero-order chi connectivity index (χ0) is 12.5. The fraction of sp³-hybridized carbons (Fsp3) is 0.188. The van der Waals surface area contributed by atoms with Crippen LogP contribution in [-0.4, -0.2) is 5.78 Å². The third-order valence-electron chi connectivity index (χ3n) is 3.64. The second-order valence-electron chi connectivity index (χ2n) is 4.78. The minimum Gasteiger partial charge on any atom is -0.399 e. The average Bonchev–Trinajstić information content (AvgIpc) is 2.41. The van der Waals surface area contributed by atoms with Crippen molar-refractivity contribution in [1.29, 1.82) is 0 Å². The number of anilines is 1. The molecule has 2 aromatic carbocycles. The van der Waals surface area contributed by atoms with Gasteiger partial charge in [0.05, 0.1) is 0 Å². The third-order valence-corrected chi connectivity index (χ3v) is 3.64. The highest BCUT2D eigenvalue weighted by Crippen LogP contribution is 2.32. The molecule has 0 amide bonds. The van der Waals surface area contributed by atoms with Crippen molar-refractivity contribution in [2.45, 2.75) is 18.8 Å². The molecule has 0 heterocycles. The van der Waals surface area contributed by atoms with E-state index in [1.165, 1.54) is 5.56 Å². The number of ketones is 1. The van der Waals surface area contributed by atoms with E-state index in [-0.39, 0.29) is 11.7 Å². The molecule has 0 bridgehead atoms. The number of rotatable bonds is 1. The number of carbonyl (C=O) groups is 1. The molecule has 1 atom stereocenters. The van der Waals surface area contributed by atoms with E-state index in [1.807, 2.05) is 48.5 Å². The zero-order valence-corrected chi connectivity index (χ0v) is 10.1. The van der Waals surface area contributed by atoms with Gasteiger partial charge in [-0.25, -0.2) is 0 Å². The number of nitrogens with two attached hydrogens (primary N) is 1. The summed E-state index contributed by atoms with van der Waals surface area (Å²) < 4.78 is 0. The van der Waals surface area contributed by atoms with Gasteiger partial charge in [-0.2, -0.15) is 0 Å². The Hall–Kier alpha value is -2.09. The van der Waals surface area contributed by atoms with Crippen LogP contribution >= 0.6 is 0 Å². The topological polar surface area (TPSA) is 43.1 Å². The van der Waals surface area contributed by atoms with Crippen LogP contribution in [0.5, 0.6) is 0 Å². The SMILES string of the molecule is Nc1ccc(C2CCc3ccccc3C2=O)cc1. The lowest BCUT2D eigenvalue weighted by molar-refractivity contribution is 0.0946. The molecule has 1 aliphatic rings. The van der Waals surface area contributed by atoms with E-state index in [4.69, 9.17) is 5.73 Å². The summed E-state index contributed by atoms with van der Waals surface area (Å²) in [5.74, 6) is 0.224. The van der Waals surface area contributed by atoms with Crippen LogP contribution in [0.25, 0.3) is 0 Å². The van der Waals surface area contributed by atoms with Crippen molar-refractivity contribution in [3.8, 4) is 0 Å². The summed E-state index contributed by atoms with van der Waals surface area (Å²) in [4.78, 5) is 12.5. The largest absolute Gasteiger partial charge is 0.399 e. The second-order valence-corrected chi connectivity index (χ2v) is 4.78. The molecule has 3 rings (SSSR count). The van der Waals surface area contributed by atoms with Crippen LogP contribution in [0, 0.1) is 0 Å². The van der Waals surface area contributed by atoms with Crippen molar-refractivity contribution in [2.75, 3.05) is 5.73 Å². The van der Waals surface area contributed by atoms with Gasteiger partial charge in [0, 0.05) is 17.2 Å². The predicted octanol–water partition coefficient (Wildman–Crippen LogP) is 3.18. The fourth-order valence-electron chi connectivity index (χ4n) is 2.64. The van der Waals surface area contributed by atoms with Gasteiger partial charge in [-0.05, 0) is 36.1 Å². The van der Waals surface area contributed by atoms with E-state index in [2.05, 4.69) is 0 Å². The summed E-state index contributed by atoms with van der Waals surface area (Å²) >= 11 is 0. The van der Waals surface area contributed by atoms with Gasteiger partial charge in [-0.3, -0.25) is 4.79 Å². The van der Waals surface area contributed by atoms with Crippen LogP contribution in [0.15, 0.2) is 48.5 Å². The normalized spacial score (nSPS) is 18.4. The smallest absolute Gasteiger partial charge is 0.170 e. The average molecular weight is 237 g/mol. The van der Waals surface area contributed by atoms with E-state index < -0.39 is 0 Å². The lowest BCUT2D eigenvalue weighted by atomic mass is 9.79. The minimum atomic E-state index is -0.0134. The van der Waals surface area contributed by atoms with Crippen molar-refractivity contribution in [3.05, 3.63) is 65.2 Å². The Bertz CT molecular complexity index is 586. The molecule has 0 fully saturated rings. The Morgan fingerprint density at radius 3 is 2.50 bits per heavy atom. The lowest BCUT2D eigenvalue weighted by Crippen LogP contribution is -2.20. The number of carbonyl (C=O) groups excluding carboxylic acids is 1. The van der Waals surface area contributed by atoms with Crippen LogP contribution in [0.3, 0.4) is 0 Å². The fourth-order valence-corrected chi connectivity index (χ4v) is 2.64. The van der Waals surface area contributed by atoms with Crippen LogP contribution < -0.4 is 5.73 Å². The monoisotopic (exact) mass is 237 g/mol. The van der Waals surface area contributed by atoms with Crippen molar-refractivity contribution < 1.29 is 4.79 Å². The first-order chi connectivity index (χ1) is 8.75. The molecule has 2 N–H and O–H groups in total. The second kappa shape index (κ2) is 4.30. The van der Waals surface area contributed by atoms with E-state index in [0.29, 0.717) is 0 Å². The maximum atomic E-state index is 12.5. The summed E-state index contributed by atoms with van der Waals surface area (Å²) in [5.41, 5.74) is 9.55. The molecule has 1 aliphatic carbocycles. The molecule has 2 nitrogen and oxygen atoms in total. The van der Waals surface area contributed by atoms with Gasteiger partial charge >= 0.3 is 0 Å². The summed E-state index contributed by atoms with van der Waals surface area (Å²) in [5, 5.41) is 0. The van der Waals surface area contributed by atoms with Crippen molar-refractivity contribution in [3.63, 3.8) is 0 Å². The molecule has 90 valence electrons. The molecule has 0 spiro atoms. The third kappa shape index (κ3) is 1.80. The number of nitrogen functional groups attached to an aromatic ring is 1. The number of fused-ring (bicyclic) bond motifs is 1. The highest BCUT2D eigenvalue weighted by atomic mass is 16.1. The number of hydrogen-bond donors (Lipinski definition) is 1. The number of hydrogen-bond acceptors (Lipinski definition) is 2. The summed E-state index contributed by atoms with van der Waals surface area (Å²) in [6.07, 6.45) is 1.86. The highest BCUT2D eigenvalue weighted by molar-refractivity contribution is 6.03. The van der Waals surface area contributed by atoms with Gasteiger partial charge < -0.3 is 5.73 Å². The maximum Gasteiger partial charge on any atom is 0.170 e. The molecule has 0 aromatic heterocycles. The van der Waals surface area contributed by atoms with Gasteiger partial charge in [-0.1, -0.05) is 36.4 Å². The van der Waals surface area contributed by atoms with E-state index in [1.54, 1.807) is 0 Å². The van der Waals surface area contributed by atoms with E-state index in [9.17, 15) is 4.79 Å². The molecule has 0 radical (unpaired) electrons. The molecule has 18 heavy (non-hydrogen) atoms. The van der Waals surface area contributed by atoms with Crippen molar-refractivity contribution >= 4 is 11.5 Å². The molecule has 0 saturated carbocycles. The quantitative estimate of drug-likeness (QED) is 0.774. The summed E-state index contributed by atoms with van der Waals surface area (Å²) in [6, 6.07) is 15.6. The Morgan fingerprint density at radius 1 is 1.00 bits per heavy atom. The van der Waals surface area contributed by atoms with E-state index in [0.717, 1.165) is 29.7 Å². The highest BCUT2D eigenvalue weighted by Gasteiger charge is 2.27. The molecule has 1 unspecified atom stereocenters. The predicted molar refractivity (Wildman–Crippen MR) is 72.7 cm³/mol. The van der Waals surface area contributed by atoms with Gasteiger partial charge in [0.2, 0.25) is 0 Å². The Labute approximate surface area is 106 Å².